The highest BCUT2D eigenvalue weighted by molar-refractivity contribution is 5.70. The quantitative estimate of drug-likeness (QED) is 0.0348. The Morgan fingerprint density at radius 3 is 1.05 bits per heavy atom. The van der Waals surface area contributed by atoms with Gasteiger partial charge in [0.15, 0.2) is 6.10 Å². The molecule has 0 rings (SSSR count). The van der Waals surface area contributed by atoms with Crippen molar-refractivity contribution in [2.45, 2.75) is 181 Å². The normalized spacial score (nSPS) is 13.5. The van der Waals surface area contributed by atoms with Crippen LogP contribution in [0.1, 0.15) is 175 Å². The molecule has 0 saturated heterocycles. The summed E-state index contributed by atoms with van der Waals surface area (Å²) >= 11 is 0. The second-order valence-electron chi connectivity index (χ2n) is 15.2. The van der Waals surface area contributed by atoms with E-state index in [1.807, 2.05) is 0 Å². The summed E-state index contributed by atoms with van der Waals surface area (Å²) in [6.45, 7) is 7.29. The summed E-state index contributed by atoms with van der Waals surface area (Å²) in [6, 6.07) is 0. The van der Waals surface area contributed by atoms with E-state index in [1.165, 1.54) is 0 Å². The fourth-order valence-corrected chi connectivity index (χ4v) is 5.83. The second kappa shape index (κ2) is 51.1. The third-order valence-electron chi connectivity index (χ3n) is 9.35. The van der Waals surface area contributed by atoms with Crippen molar-refractivity contribution in [3.63, 3.8) is 0 Å². The first-order chi connectivity index (χ1) is 30.6. The van der Waals surface area contributed by atoms with Crippen molar-refractivity contribution in [3.05, 3.63) is 146 Å². The number of esters is 2. The first-order valence-corrected chi connectivity index (χ1v) is 24.4. The smallest absolute Gasteiger partial charge is 0.306 e. The van der Waals surface area contributed by atoms with Gasteiger partial charge in [0.1, 0.15) is 6.61 Å². The molecule has 346 valence electrons. The highest BCUT2D eigenvalue weighted by atomic mass is 16.6. The molecule has 0 aliphatic heterocycles. The van der Waals surface area contributed by atoms with E-state index in [0.717, 1.165) is 141 Å². The first kappa shape index (κ1) is 57.8. The van der Waals surface area contributed by atoms with E-state index < -0.39 is 6.10 Å². The molecule has 5 nitrogen and oxygen atoms in total. The second-order valence-corrected chi connectivity index (χ2v) is 15.2. The molecular weight excluding hydrogens is 765 g/mol. The number of unbranched alkanes of at least 4 members (excludes halogenated alkanes) is 7. The maximum atomic E-state index is 12.8. The Balaban J connectivity index is 4.52. The van der Waals surface area contributed by atoms with Gasteiger partial charge in [-0.3, -0.25) is 9.59 Å². The predicted octanol–water partition coefficient (Wildman–Crippen LogP) is 16.6. The van der Waals surface area contributed by atoms with E-state index in [9.17, 15) is 9.59 Å². The molecule has 0 aromatic heterocycles. The number of hydrogen-bond donors (Lipinski definition) is 0. The third-order valence-corrected chi connectivity index (χ3v) is 9.35. The van der Waals surface area contributed by atoms with Crippen LogP contribution in [0.3, 0.4) is 0 Å². The minimum absolute atomic E-state index is 0.0230. The predicted molar refractivity (Wildman–Crippen MR) is 269 cm³/mol. The van der Waals surface area contributed by atoms with Crippen LogP contribution in [-0.2, 0) is 23.8 Å². The van der Waals surface area contributed by atoms with Gasteiger partial charge in [0.25, 0.3) is 0 Å². The van der Waals surface area contributed by atoms with Crippen molar-refractivity contribution < 1.29 is 23.8 Å². The molecular formula is C57H88O5. The summed E-state index contributed by atoms with van der Waals surface area (Å²) in [5.74, 6) is -0.527. The van der Waals surface area contributed by atoms with Gasteiger partial charge in [-0.05, 0) is 135 Å². The minimum Gasteiger partial charge on any atom is -0.462 e. The van der Waals surface area contributed by atoms with Crippen molar-refractivity contribution in [1.82, 2.24) is 0 Å². The van der Waals surface area contributed by atoms with Crippen LogP contribution in [0, 0.1) is 0 Å². The standard InChI is InChI=1S/C57H88O5/c1-4-7-10-13-16-19-22-25-28-31-34-37-40-43-46-49-52-60-53-55(62-57(59)51-48-45-42-39-36-33-30-27-24-21-18-15-12-9-6-3)54-61-56(58)50-47-44-41-38-35-32-29-26-23-20-17-14-11-8-5-2/h7-12,16-21,25-30,34-39,55H,4-6,13-15,22-24,31-33,40-54H2,1-3H3/b10-7-,11-8-,12-9-,19-16-,20-17-,21-18-,28-25-,29-26-,30-27-,37-34-,38-35-,39-36-. The number of ether oxygens (including phenoxy) is 3. The SMILES string of the molecule is CC/C=C\C/C=C\C/C=C\C/C=C\CCCCCOCC(COC(=O)CCCC/C=C\C/C=C\C/C=C\C/C=C\CC)OC(=O)CCCC/C=C\C/C=C\C/C=C\C/C=C\CC. The lowest BCUT2D eigenvalue weighted by Crippen LogP contribution is -2.30. The van der Waals surface area contributed by atoms with Gasteiger partial charge in [-0.1, -0.05) is 173 Å². The maximum Gasteiger partial charge on any atom is 0.306 e. The maximum absolute atomic E-state index is 12.8. The van der Waals surface area contributed by atoms with Gasteiger partial charge in [0, 0.05) is 19.4 Å². The van der Waals surface area contributed by atoms with Crippen molar-refractivity contribution >= 4 is 11.9 Å². The Hall–Kier alpha value is -4.22. The fraction of sp³-hybridized carbons (Fsp3) is 0.544. The van der Waals surface area contributed by atoms with E-state index in [4.69, 9.17) is 14.2 Å². The molecule has 0 aliphatic carbocycles. The van der Waals surface area contributed by atoms with Crippen molar-refractivity contribution in [3.8, 4) is 0 Å². The number of rotatable bonds is 42. The zero-order valence-corrected chi connectivity index (χ0v) is 39.6. The van der Waals surface area contributed by atoms with Crippen LogP contribution >= 0.6 is 0 Å². The lowest BCUT2D eigenvalue weighted by molar-refractivity contribution is -0.163. The van der Waals surface area contributed by atoms with Gasteiger partial charge < -0.3 is 14.2 Å². The van der Waals surface area contributed by atoms with Crippen LogP contribution in [0.25, 0.3) is 0 Å². The molecule has 0 N–H and O–H groups in total. The van der Waals surface area contributed by atoms with Gasteiger partial charge in [-0.2, -0.15) is 0 Å². The lowest BCUT2D eigenvalue weighted by Gasteiger charge is -2.18. The van der Waals surface area contributed by atoms with Crippen LogP contribution in [0.5, 0.6) is 0 Å². The van der Waals surface area contributed by atoms with Crippen LogP contribution in [-0.4, -0.2) is 37.9 Å². The molecule has 0 saturated carbocycles. The Morgan fingerprint density at radius 1 is 0.355 bits per heavy atom. The van der Waals surface area contributed by atoms with E-state index >= 15 is 0 Å². The van der Waals surface area contributed by atoms with Crippen molar-refractivity contribution in [2.75, 3.05) is 19.8 Å². The number of hydrogen-bond acceptors (Lipinski definition) is 5. The van der Waals surface area contributed by atoms with Gasteiger partial charge in [0.2, 0.25) is 0 Å². The van der Waals surface area contributed by atoms with Crippen molar-refractivity contribution in [2.24, 2.45) is 0 Å². The van der Waals surface area contributed by atoms with Crippen LogP contribution in [0.4, 0.5) is 0 Å². The average Bonchev–Trinajstić information content (AvgIpc) is 3.27. The molecule has 0 heterocycles. The summed E-state index contributed by atoms with van der Waals surface area (Å²) in [6.07, 6.45) is 74.3. The Bertz CT molecular complexity index is 1380. The zero-order chi connectivity index (χ0) is 44.9. The largest absolute Gasteiger partial charge is 0.462 e. The minimum atomic E-state index is -0.602. The molecule has 1 unspecified atom stereocenters. The zero-order valence-electron chi connectivity index (χ0n) is 39.6. The Kier molecular flexibility index (Phi) is 47.7. The fourth-order valence-electron chi connectivity index (χ4n) is 5.83. The molecule has 0 amide bonds. The highest BCUT2D eigenvalue weighted by Gasteiger charge is 2.17. The van der Waals surface area contributed by atoms with Crippen LogP contribution < -0.4 is 0 Å². The summed E-state index contributed by atoms with van der Waals surface area (Å²) in [7, 11) is 0. The Labute approximate surface area is 381 Å². The highest BCUT2D eigenvalue weighted by Crippen LogP contribution is 2.09. The van der Waals surface area contributed by atoms with Gasteiger partial charge in [-0.25, -0.2) is 0 Å². The molecule has 0 radical (unpaired) electrons. The molecule has 0 aromatic rings. The molecule has 0 fully saturated rings. The number of carbonyl (C=O) groups is 2. The summed E-state index contributed by atoms with van der Waals surface area (Å²) in [4.78, 5) is 25.3. The monoisotopic (exact) mass is 853 g/mol. The van der Waals surface area contributed by atoms with E-state index in [1.54, 1.807) is 0 Å². The van der Waals surface area contributed by atoms with Gasteiger partial charge in [0.05, 0.1) is 6.61 Å². The molecule has 0 spiro atoms. The lowest BCUT2D eigenvalue weighted by atomic mass is 10.1. The average molecular weight is 853 g/mol. The summed E-state index contributed by atoms with van der Waals surface area (Å²) in [5.41, 5.74) is 0. The Morgan fingerprint density at radius 2 is 0.677 bits per heavy atom. The van der Waals surface area contributed by atoms with Crippen molar-refractivity contribution in [1.29, 1.82) is 0 Å². The van der Waals surface area contributed by atoms with E-state index in [2.05, 4.69) is 167 Å². The van der Waals surface area contributed by atoms with Gasteiger partial charge in [-0.15, -0.1) is 0 Å². The van der Waals surface area contributed by atoms with E-state index in [-0.39, 0.29) is 25.2 Å². The molecule has 5 heteroatoms. The molecule has 0 aromatic carbocycles. The van der Waals surface area contributed by atoms with E-state index in [0.29, 0.717) is 19.4 Å². The summed E-state index contributed by atoms with van der Waals surface area (Å²) in [5, 5.41) is 0. The summed E-state index contributed by atoms with van der Waals surface area (Å²) < 4.78 is 17.3. The first-order valence-electron chi connectivity index (χ1n) is 24.4. The third kappa shape index (κ3) is 48.4. The van der Waals surface area contributed by atoms with Gasteiger partial charge >= 0.3 is 11.9 Å². The molecule has 1 atom stereocenters. The molecule has 0 aliphatic rings. The van der Waals surface area contributed by atoms with Crippen LogP contribution in [0.15, 0.2) is 146 Å². The van der Waals surface area contributed by atoms with Crippen LogP contribution in [0.2, 0.25) is 0 Å². The topological polar surface area (TPSA) is 61.8 Å². The number of allylic oxidation sites excluding steroid dienone is 24. The molecule has 0 bridgehead atoms. The number of carbonyl (C=O) groups excluding carboxylic acids is 2. The molecule has 62 heavy (non-hydrogen) atoms.